The number of nitrogens with one attached hydrogen (secondary N) is 3. The van der Waals surface area contributed by atoms with E-state index in [0.29, 0.717) is 18.7 Å². The zero-order chi connectivity index (χ0) is 18.7. The molecule has 148 valence electrons. The van der Waals surface area contributed by atoms with Gasteiger partial charge in [0.15, 0.2) is 5.96 Å². The summed E-state index contributed by atoms with van der Waals surface area (Å²) in [5.41, 5.74) is 0.360. The maximum atomic E-state index is 12.0. The molecule has 0 unspecified atom stereocenters. The number of benzene rings is 1. The maximum Gasteiger partial charge on any atom is 0.251 e. The topological polar surface area (TPSA) is 74.8 Å². The summed E-state index contributed by atoms with van der Waals surface area (Å²) in [7, 11) is 1.68. The van der Waals surface area contributed by atoms with E-state index in [4.69, 9.17) is 4.74 Å². The van der Waals surface area contributed by atoms with Crippen molar-refractivity contribution in [2.24, 2.45) is 4.99 Å². The van der Waals surface area contributed by atoms with E-state index >= 15 is 0 Å². The highest BCUT2D eigenvalue weighted by Crippen LogP contribution is 2.11. The summed E-state index contributed by atoms with van der Waals surface area (Å²) < 4.78 is 6.27. The molecule has 0 saturated carbocycles. The number of carbonyl (C=O) groups excluding carboxylic acids is 1. The lowest BCUT2D eigenvalue weighted by Gasteiger charge is -2.21. The first-order valence-corrected chi connectivity index (χ1v) is 9.28. The van der Waals surface area contributed by atoms with Crippen molar-refractivity contribution in [3.05, 3.63) is 34.3 Å². The van der Waals surface area contributed by atoms with Gasteiger partial charge in [-0.25, -0.2) is 0 Å². The van der Waals surface area contributed by atoms with Gasteiger partial charge in [0.1, 0.15) is 0 Å². The Labute approximate surface area is 182 Å². The SMILES string of the molecule is CCNC(=NCC(C)(C)OC)NCCCNC(=O)c1cccc(Br)c1.I. The molecule has 0 aromatic heterocycles. The number of rotatable bonds is 9. The van der Waals surface area contributed by atoms with Gasteiger partial charge in [0.05, 0.1) is 12.1 Å². The molecule has 0 spiro atoms. The van der Waals surface area contributed by atoms with E-state index in [-0.39, 0.29) is 35.5 Å². The second kappa shape index (κ2) is 13.3. The molecule has 1 aromatic carbocycles. The minimum atomic E-state index is -0.291. The number of halogens is 2. The van der Waals surface area contributed by atoms with Gasteiger partial charge in [-0.3, -0.25) is 9.79 Å². The molecule has 0 radical (unpaired) electrons. The van der Waals surface area contributed by atoms with Crippen LogP contribution in [0.2, 0.25) is 0 Å². The Morgan fingerprint density at radius 2 is 1.92 bits per heavy atom. The molecule has 0 heterocycles. The van der Waals surface area contributed by atoms with Crippen LogP contribution in [0.4, 0.5) is 0 Å². The van der Waals surface area contributed by atoms with Gasteiger partial charge in [-0.15, -0.1) is 24.0 Å². The van der Waals surface area contributed by atoms with Gasteiger partial charge in [-0.05, 0) is 45.4 Å². The number of amides is 1. The summed E-state index contributed by atoms with van der Waals surface area (Å²) in [6.45, 7) is 8.70. The first kappa shape index (κ1) is 25.1. The monoisotopic (exact) mass is 540 g/mol. The third-order valence-electron chi connectivity index (χ3n) is 3.53. The van der Waals surface area contributed by atoms with Crippen molar-refractivity contribution in [2.45, 2.75) is 32.8 Å². The van der Waals surface area contributed by atoms with Crippen molar-refractivity contribution in [2.75, 3.05) is 33.3 Å². The number of methoxy groups -OCH3 is 1. The molecule has 0 atom stereocenters. The van der Waals surface area contributed by atoms with Crippen LogP contribution in [0.25, 0.3) is 0 Å². The molecule has 8 heteroatoms. The highest BCUT2D eigenvalue weighted by Gasteiger charge is 2.15. The van der Waals surface area contributed by atoms with Gasteiger partial charge in [0.2, 0.25) is 0 Å². The van der Waals surface area contributed by atoms with Gasteiger partial charge in [0.25, 0.3) is 5.91 Å². The average Bonchev–Trinajstić information content (AvgIpc) is 2.59. The highest BCUT2D eigenvalue weighted by molar-refractivity contribution is 14.0. The molecule has 0 saturated heterocycles. The summed E-state index contributed by atoms with van der Waals surface area (Å²) in [5, 5.41) is 9.38. The zero-order valence-electron chi connectivity index (χ0n) is 15.9. The highest BCUT2D eigenvalue weighted by atomic mass is 127. The number of aliphatic imine (C=N–C) groups is 1. The molecule has 0 aliphatic heterocycles. The second-order valence-electron chi connectivity index (χ2n) is 6.21. The third kappa shape index (κ3) is 10.3. The number of hydrogen-bond donors (Lipinski definition) is 3. The second-order valence-corrected chi connectivity index (χ2v) is 7.12. The van der Waals surface area contributed by atoms with Crippen molar-refractivity contribution in [1.29, 1.82) is 0 Å². The lowest BCUT2D eigenvalue weighted by molar-refractivity contribution is 0.0310. The number of carbonyl (C=O) groups is 1. The van der Waals surface area contributed by atoms with E-state index in [0.717, 1.165) is 29.9 Å². The molecule has 0 bridgehead atoms. The van der Waals surface area contributed by atoms with Crippen molar-refractivity contribution in [3.63, 3.8) is 0 Å². The molecular weight excluding hydrogens is 511 g/mol. The fourth-order valence-electron chi connectivity index (χ4n) is 1.90. The Morgan fingerprint density at radius 3 is 2.54 bits per heavy atom. The Balaban J connectivity index is 0.00000625. The molecule has 3 N–H and O–H groups in total. The maximum absolute atomic E-state index is 12.0. The molecular formula is C18H30BrIN4O2. The number of guanidine groups is 1. The quantitative estimate of drug-likeness (QED) is 0.195. The van der Waals surface area contributed by atoms with Crippen LogP contribution in [-0.2, 0) is 4.74 Å². The largest absolute Gasteiger partial charge is 0.377 e. The molecule has 1 aromatic rings. The Morgan fingerprint density at radius 1 is 1.23 bits per heavy atom. The fraction of sp³-hybridized carbons (Fsp3) is 0.556. The molecule has 0 aliphatic rings. The van der Waals surface area contributed by atoms with Gasteiger partial charge in [-0.2, -0.15) is 0 Å². The van der Waals surface area contributed by atoms with Crippen LogP contribution in [0.3, 0.4) is 0 Å². The zero-order valence-corrected chi connectivity index (χ0v) is 19.8. The summed E-state index contributed by atoms with van der Waals surface area (Å²) in [6, 6.07) is 7.35. The smallest absolute Gasteiger partial charge is 0.251 e. The Kier molecular flexibility index (Phi) is 12.9. The van der Waals surface area contributed by atoms with Crippen LogP contribution in [0.1, 0.15) is 37.6 Å². The summed E-state index contributed by atoms with van der Waals surface area (Å²) in [6.07, 6.45) is 0.803. The van der Waals surface area contributed by atoms with E-state index in [1.54, 1.807) is 19.2 Å². The van der Waals surface area contributed by atoms with E-state index < -0.39 is 0 Å². The first-order valence-electron chi connectivity index (χ1n) is 8.49. The van der Waals surface area contributed by atoms with Gasteiger partial charge >= 0.3 is 0 Å². The average molecular weight is 541 g/mol. The lowest BCUT2D eigenvalue weighted by atomic mass is 10.1. The van der Waals surface area contributed by atoms with Crippen LogP contribution >= 0.6 is 39.9 Å². The number of ether oxygens (including phenoxy) is 1. The number of hydrogen-bond acceptors (Lipinski definition) is 3. The van der Waals surface area contributed by atoms with E-state index in [1.165, 1.54) is 0 Å². The summed E-state index contributed by atoms with van der Waals surface area (Å²) >= 11 is 3.37. The van der Waals surface area contributed by atoms with Crippen LogP contribution in [0.15, 0.2) is 33.7 Å². The summed E-state index contributed by atoms with van der Waals surface area (Å²) in [5.74, 6) is 0.689. The Bertz CT molecular complexity index is 582. The predicted octanol–water partition coefficient (Wildman–Crippen LogP) is 3.17. The van der Waals surface area contributed by atoms with Crippen LogP contribution < -0.4 is 16.0 Å². The van der Waals surface area contributed by atoms with Crippen molar-refractivity contribution in [3.8, 4) is 0 Å². The van der Waals surface area contributed by atoms with E-state index in [9.17, 15) is 4.79 Å². The van der Waals surface area contributed by atoms with Gasteiger partial charge < -0.3 is 20.7 Å². The standard InChI is InChI=1S/C18H29BrN4O2.HI/c1-5-20-17(23-13-18(2,3)25-4)22-11-7-10-21-16(24)14-8-6-9-15(19)12-14;/h6,8-9,12H,5,7,10-11,13H2,1-4H3,(H,21,24)(H2,20,22,23);1H. The lowest BCUT2D eigenvalue weighted by Crippen LogP contribution is -2.40. The normalized spacial score (nSPS) is 11.5. The molecule has 26 heavy (non-hydrogen) atoms. The van der Waals surface area contributed by atoms with Gasteiger partial charge in [0, 0.05) is 36.8 Å². The van der Waals surface area contributed by atoms with Crippen LogP contribution in [0.5, 0.6) is 0 Å². The summed E-state index contributed by atoms with van der Waals surface area (Å²) in [4.78, 5) is 16.6. The van der Waals surface area contributed by atoms with Crippen molar-refractivity contribution >= 4 is 51.8 Å². The van der Waals surface area contributed by atoms with E-state index in [1.807, 2.05) is 32.9 Å². The van der Waals surface area contributed by atoms with Gasteiger partial charge in [-0.1, -0.05) is 22.0 Å². The van der Waals surface area contributed by atoms with Crippen molar-refractivity contribution < 1.29 is 9.53 Å². The molecule has 6 nitrogen and oxygen atoms in total. The number of nitrogens with zero attached hydrogens (tertiary/aromatic N) is 1. The Hall–Kier alpha value is -0.870. The molecule has 1 rings (SSSR count). The van der Waals surface area contributed by atoms with Crippen LogP contribution in [0, 0.1) is 0 Å². The van der Waals surface area contributed by atoms with Crippen molar-refractivity contribution in [1.82, 2.24) is 16.0 Å². The van der Waals surface area contributed by atoms with E-state index in [2.05, 4.69) is 36.9 Å². The van der Waals surface area contributed by atoms with Crippen LogP contribution in [-0.4, -0.2) is 50.8 Å². The third-order valence-corrected chi connectivity index (χ3v) is 4.03. The minimum absolute atomic E-state index is 0. The molecule has 1 amide bonds. The fourth-order valence-corrected chi connectivity index (χ4v) is 2.30. The minimum Gasteiger partial charge on any atom is -0.377 e. The first-order chi connectivity index (χ1) is 11.9. The predicted molar refractivity (Wildman–Crippen MR) is 122 cm³/mol. The molecule has 0 aliphatic carbocycles. The molecule has 0 fully saturated rings.